The van der Waals surface area contributed by atoms with Gasteiger partial charge in [-0.25, -0.2) is 0 Å². The van der Waals surface area contributed by atoms with Crippen LogP contribution >= 0.6 is 23.2 Å². The summed E-state index contributed by atoms with van der Waals surface area (Å²) in [5, 5.41) is 3.48. The van der Waals surface area contributed by atoms with Crippen molar-refractivity contribution in [2.45, 2.75) is 13.1 Å². The Morgan fingerprint density at radius 1 is 0.833 bits per heavy atom. The van der Waals surface area contributed by atoms with Gasteiger partial charge in [0.15, 0.2) is 0 Å². The molecule has 6 heteroatoms. The fourth-order valence-corrected chi connectivity index (χ4v) is 2.78. The second-order valence-electron chi connectivity index (χ2n) is 5.35. The number of nitrogens with one attached hydrogen (secondary N) is 1. The van der Waals surface area contributed by atoms with Crippen LogP contribution in [0.4, 0.5) is 0 Å². The Hall–Kier alpha value is -2.30. The van der Waals surface area contributed by atoms with E-state index in [0.29, 0.717) is 11.6 Å². The monoisotopic (exact) mass is 360 g/mol. The molecule has 1 N–H and O–H groups in total. The normalized spacial score (nSPS) is 14.5. The van der Waals surface area contributed by atoms with Crippen molar-refractivity contribution in [1.29, 1.82) is 0 Å². The minimum atomic E-state index is -0.493. The van der Waals surface area contributed by atoms with E-state index >= 15 is 0 Å². The molecule has 3 rings (SSSR count). The molecular weight excluding hydrogens is 347 g/mol. The van der Waals surface area contributed by atoms with Gasteiger partial charge < -0.3 is 5.32 Å². The van der Waals surface area contributed by atoms with Crippen LogP contribution in [0.2, 0.25) is 5.02 Å². The summed E-state index contributed by atoms with van der Waals surface area (Å²) in [6.45, 7) is 0.571. The maximum absolute atomic E-state index is 12.5. The Morgan fingerprint density at radius 3 is 2.17 bits per heavy atom. The molecule has 122 valence electrons. The van der Waals surface area contributed by atoms with Gasteiger partial charge in [-0.1, -0.05) is 65.7 Å². The number of halogens is 2. The third-order valence-electron chi connectivity index (χ3n) is 3.68. The highest BCUT2D eigenvalue weighted by Gasteiger charge is 2.37. The Balaban J connectivity index is 1.71. The molecule has 1 aliphatic heterocycles. The number of benzene rings is 2. The summed E-state index contributed by atoms with van der Waals surface area (Å²) >= 11 is 11.9. The van der Waals surface area contributed by atoms with Crippen molar-refractivity contribution >= 4 is 35.0 Å². The Morgan fingerprint density at radius 2 is 1.50 bits per heavy atom. The first-order chi connectivity index (χ1) is 11.6. The van der Waals surface area contributed by atoms with Gasteiger partial charge in [0.25, 0.3) is 11.8 Å². The van der Waals surface area contributed by atoms with E-state index in [0.717, 1.165) is 16.0 Å². The Labute approximate surface area is 149 Å². The first kappa shape index (κ1) is 16.6. The largest absolute Gasteiger partial charge is 0.375 e. The topological polar surface area (TPSA) is 49.4 Å². The van der Waals surface area contributed by atoms with Gasteiger partial charge in [-0.3, -0.25) is 14.5 Å². The van der Waals surface area contributed by atoms with Gasteiger partial charge in [-0.2, -0.15) is 0 Å². The predicted molar refractivity (Wildman–Crippen MR) is 93.2 cm³/mol. The summed E-state index contributed by atoms with van der Waals surface area (Å²) in [6.07, 6.45) is 0. The van der Waals surface area contributed by atoms with Crippen LogP contribution in [0.5, 0.6) is 0 Å². The Kier molecular flexibility index (Phi) is 4.88. The average Bonchev–Trinajstić information content (AvgIpc) is 2.79. The molecule has 0 bridgehead atoms. The van der Waals surface area contributed by atoms with Crippen molar-refractivity contribution in [2.75, 3.05) is 0 Å². The quantitative estimate of drug-likeness (QED) is 0.830. The van der Waals surface area contributed by atoms with Crippen LogP contribution in [0.25, 0.3) is 0 Å². The molecule has 0 unspecified atom stereocenters. The zero-order valence-corrected chi connectivity index (χ0v) is 14.1. The second-order valence-corrected chi connectivity index (χ2v) is 6.17. The third kappa shape index (κ3) is 3.45. The molecule has 4 nitrogen and oxygen atoms in total. The summed E-state index contributed by atoms with van der Waals surface area (Å²) < 4.78 is 0. The van der Waals surface area contributed by atoms with Crippen molar-refractivity contribution in [3.63, 3.8) is 0 Å². The highest BCUT2D eigenvalue weighted by molar-refractivity contribution is 6.47. The van der Waals surface area contributed by atoms with Crippen LogP contribution in [0.3, 0.4) is 0 Å². The van der Waals surface area contributed by atoms with Gasteiger partial charge in [0.1, 0.15) is 10.7 Å². The Bertz CT molecular complexity index is 802. The summed E-state index contributed by atoms with van der Waals surface area (Å²) in [7, 11) is 0. The predicted octanol–water partition coefficient (Wildman–Crippen LogP) is 3.45. The summed E-state index contributed by atoms with van der Waals surface area (Å²) in [5.41, 5.74) is 1.93. The van der Waals surface area contributed by atoms with Gasteiger partial charge in [0.2, 0.25) is 0 Å². The molecule has 0 spiro atoms. The standard InChI is InChI=1S/C18H14Cl2N2O2/c19-14-8-6-13(7-9-14)11-22-17(23)15(20)16(18(22)24)21-10-12-4-2-1-3-5-12/h1-9,21H,10-11H2. The number of amides is 2. The molecule has 1 aliphatic rings. The number of nitrogens with zero attached hydrogens (tertiary/aromatic N) is 1. The minimum absolute atomic E-state index is 0.0788. The molecule has 0 atom stereocenters. The van der Waals surface area contributed by atoms with Crippen molar-refractivity contribution in [2.24, 2.45) is 0 Å². The number of imide groups is 1. The lowest BCUT2D eigenvalue weighted by molar-refractivity contribution is -0.138. The molecule has 0 saturated heterocycles. The molecule has 2 aromatic carbocycles. The zero-order valence-electron chi connectivity index (χ0n) is 12.6. The van der Waals surface area contributed by atoms with Gasteiger partial charge in [-0.15, -0.1) is 0 Å². The first-order valence-electron chi connectivity index (χ1n) is 7.34. The van der Waals surface area contributed by atoms with E-state index in [1.165, 1.54) is 0 Å². The average molecular weight is 361 g/mol. The number of hydrogen-bond acceptors (Lipinski definition) is 3. The lowest BCUT2D eigenvalue weighted by Crippen LogP contribution is -2.33. The molecule has 0 fully saturated rings. The van der Waals surface area contributed by atoms with Crippen molar-refractivity contribution in [3.05, 3.63) is 81.5 Å². The van der Waals surface area contributed by atoms with E-state index in [9.17, 15) is 9.59 Å². The van der Waals surface area contributed by atoms with Gasteiger partial charge >= 0.3 is 0 Å². The van der Waals surface area contributed by atoms with E-state index in [1.807, 2.05) is 30.3 Å². The highest BCUT2D eigenvalue weighted by atomic mass is 35.5. The SMILES string of the molecule is O=C1C(Cl)=C(NCc2ccccc2)C(=O)N1Cc1ccc(Cl)cc1. The van der Waals surface area contributed by atoms with Crippen molar-refractivity contribution in [1.82, 2.24) is 10.2 Å². The van der Waals surface area contributed by atoms with E-state index in [1.54, 1.807) is 24.3 Å². The number of rotatable bonds is 5. The first-order valence-corrected chi connectivity index (χ1v) is 8.10. The van der Waals surface area contributed by atoms with Crippen LogP contribution < -0.4 is 5.32 Å². The number of hydrogen-bond donors (Lipinski definition) is 1. The number of carbonyl (C=O) groups excluding carboxylic acids is 2. The molecule has 24 heavy (non-hydrogen) atoms. The molecule has 0 aromatic heterocycles. The summed E-state index contributed by atoms with van der Waals surface area (Å²) in [4.78, 5) is 25.9. The molecule has 0 aliphatic carbocycles. The number of carbonyl (C=O) groups is 2. The molecule has 0 saturated carbocycles. The summed E-state index contributed by atoms with van der Waals surface area (Å²) in [6, 6.07) is 16.5. The molecule has 2 amide bonds. The molecule has 1 heterocycles. The lowest BCUT2D eigenvalue weighted by Gasteiger charge is -2.15. The second kappa shape index (κ2) is 7.07. The zero-order chi connectivity index (χ0) is 17.1. The maximum Gasteiger partial charge on any atom is 0.278 e. The molecule has 2 aromatic rings. The van der Waals surface area contributed by atoms with Crippen LogP contribution in [-0.2, 0) is 22.7 Å². The van der Waals surface area contributed by atoms with Gasteiger partial charge in [0, 0.05) is 11.6 Å². The van der Waals surface area contributed by atoms with Gasteiger partial charge in [0.05, 0.1) is 6.54 Å². The van der Waals surface area contributed by atoms with Crippen molar-refractivity contribution < 1.29 is 9.59 Å². The van der Waals surface area contributed by atoms with Crippen molar-refractivity contribution in [3.8, 4) is 0 Å². The van der Waals surface area contributed by atoms with E-state index < -0.39 is 11.8 Å². The van der Waals surface area contributed by atoms with E-state index in [4.69, 9.17) is 23.2 Å². The van der Waals surface area contributed by atoms with E-state index in [-0.39, 0.29) is 17.3 Å². The maximum atomic E-state index is 12.5. The third-order valence-corrected chi connectivity index (χ3v) is 4.28. The van der Waals surface area contributed by atoms with Crippen LogP contribution in [0, 0.1) is 0 Å². The molecule has 0 radical (unpaired) electrons. The fourth-order valence-electron chi connectivity index (χ4n) is 2.40. The lowest BCUT2D eigenvalue weighted by atomic mass is 10.2. The smallest absolute Gasteiger partial charge is 0.278 e. The highest BCUT2D eigenvalue weighted by Crippen LogP contribution is 2.24. The van der Waals surface area contributed by atoms with Crippen LogP contribution in [0.1, 0.15) is 11.1 Å². The minimum Gasteiger partial charge on any atom is -0.375 e. The van der Waals surface area contributed by atoms with Gasteiger partial charge in [-0.05, 0) is 23.3 Å². The van der Waals surface area contributed by atoms with Crippen LogP contribution in [0.15, 0.2) is 65.3 Å². The van der Waals surface area contributed by atoms with Crippen LogP contribution in [-0.4, -0.2) is 16.7 Å². The summed E-state index contributed by atoms with van der Waals surface area (Å²) in [5.74, 6) is -0.914. The van der Waals surface area contributed by atoms with E-state index in [2.05, 4.69) is 5.32 Å². The molecular formula is C18H14Cl2N2O2. The fraction of sp³-hybridized carbons (Fsp3) is 0.111.